The lowest BCUT2D eigenvalue weighted by molar-refractivity contribution is -0.197. The van der Waals surface area contributed by atoms with Gasteiger partial charge in [-0.3, -0.25) is 4.79 Å². The van der Waals surface area contributed by atoms with Gasteiger partial charge in [-0.05, 0) is 81.3 Å². The Kier molecular flexibility index (Phi) is 8.44. The summed E-state index contributed by atoms with van der Waals surface area (Å²) in [5, 5.41) is 9.07. The Morgan fingerprint density at radius 1 is 1.26 bits per heavy atom. The topological polar surface area (TPSA) is 65.0 Å². The quantitative estimate of drug-likeness (QED) is 0.258. The average molecular weight is 453 g/mol. The molecule has 6 heteroatoms. The molecule has 1 aliphatic heterocycles. The molecule has 1 unspecified atom stereocenters. The summed E-state index contributed by atoms with van der Waals surface area (Å²) in [6.07, 6.45) is 11.1. The Bertz CT molecular complexity index is 632. The van der Waals surface area contributed by atoms with E-state index >= 15 is 0 Å². The number of ether oxygens (including phenoxy) is 2. The number of unbranched alkanes of at least 4 members (excludes halogenated alkanes) is 1. The van der Waals surface area contributed by atoms with Crippen molar-refractivity contribution in [3.05, 3.63) is 11.6 Å². The maximum Gasteiger partial charge on any atom is 0.303 e. The van der Waals surface area contributed by atoms with Crippen LogP contribution < -0.4 is 0 Å². The lowest BCUT2D eigenvalue weighted by Gasteiger charge is -2.38. The Labute approximate surface area is 190 Å². The Balaban J connectivity index is 1.63. The summed E-state index contributed by atoms with van der Waals surface area (Å²) in [6, 6.07) is 0. The van der Waals surface area contributed by atoms with Crippen molar-refractivity contribution < 1.29 is 23.8 Å². The first kappa shape index (κ1) is 24.9. The van der Waals surface area contributed by atoms with Gasteiger partial charge in [0.05, 0.1) is 6.10 Å². The summed E-state index contributed by atoms with van der Waals surface area (Å²) >= 11 is 0. The van der Waals surface area contributed by atoms with Crippen LogP contribution in [0.5, 0.6) is 0 Å². The second-order valence-corrected chi connectivity index (χ2v) is 16.2. The van der Waals surface area contributed by atoms with Gasteiger partial charge in [-0.2, -0.15) is 0 Å². The maximum atomic E-state index is 10.8. The van der Waals surface area contributed by atoms with E-state index in [0.717, 1.165) is 58.2 Å². The third-order valence-corrected chi connectivity index (χ3v) is 12.6. The number of carbonyl (C=O) groups is 1. The number of fused-ring (bicyclic) bond motifs is 1. The van der Waals surface area contributed by atoms with Crippen LogP contribution in [0.25, 0.3) is 0 Å². The minimum atomic E-state index is -1.81. The van der Waals surface area contributed by atoms with Gasteiger partial charge in [0.15, 0.2) is 14.6 Å². The van der Waals surface area contributed by atoms with Crippen LogP contribution in [0, 0.1) is 17.8 Å². The molecule has 0 amide bonds. The number of allylic oxidation sites excluding steroid dienone is 2. The fraction of sp³-hybridized carbons (Fsp3) is 0.880. The minimum Gasteiger partial charge on any atom is -0.481 e. The molecule has 5 atom stereocenters. The highest BCUT2D eigenvalue weighted by Crippen LogP contribution is 2.52. The summed E-state index contributed by atoms with van der Waals surface area (Å²) in [4.78, 5) is 10.8. The molecule has 1 heterocycles. The van der Waals surface area contributed by atoms with E-state index in [0.29, 0.717) is 17.8 Å². The molecule has 178 valence electrons. The first-order chi connectivity index (χ1) is 14.6. The molecule has 1 saturated heterocycles. The summed E-state index contributed by atoms with van der Waals surface area (Å²) in [5.74, 6) is 1.00. The Morgan fingerprint density at radius 3 is 2.68 bits per heavy atom. The van der Waals surface area contributed by atoms with Crippen LogP contribution in [-0.2, 0) is 18.7 Å². The van der Waals surface area contributed by atoms with Crippen LogP contribution in [0.2, 0.25) is 18.1 Å². The van der Waals surface area contributed by atoms with Crippen molar-refractivity contribution in [2.75, 3.05) is 13.2 Å². The third kappa shape index (κ3) is 6.65. The van der Waals surface area contributed by atoms with E-state index in [9.17, 15) is 4.79 Å². The number of aliphatic carboxylic acids is 1. The second-order valence-electron chi connectivity index (χ2n) is 11.4. The zero-order valence-corrected chi connectivity index (χ0v) is 21.3. The lowest BCUT2D eigenvalue weighted by Crippen LogP contribution is -2.43. The zero-order chi connectivity index (χ0) is 22.6. The number of carboxylic acids is 1. The Hall–Kier alpha value is -0.693. The maximum absolute atomic E-state index is 10.8. The third-order valence-electron chi connectivity index (χ3n) is 8.13. The number of hydrogen-bond acceptors (Lipinski definition) is 4. The van der Waals surface area contributed by atoms with E-state index in [4.69, 9.17) is 19.0 Å². The van der Waals surface area contributed by atoms with Gasteiger partial charge in [0.2, 0.25) is 0 Å². The highest BCUT2D eigenvalue weighted by Gasteiger charge is 2.49. The van der Waals surface area contributed by atoms with Gasteiger partial charge in [0.25, 0.3) is 0 Å². The number of hydrogen-bond donors (Lipinski definition) is 1. The van der Waals surface area contributed by atoms with E-state index in [1.54, 1.807) is 0 Å². The molecule has 3 rings (SSSR count). The fourth-order valence-electron chi connectivity index (χ4n) is 5.20. The largest absolute Gasteiger partial charge is 0.481 e. The molecule has 0 radical (unpaired) electrons. The molecule has 3 fully saturated rings. The van der Waals surface area contributed by atoms with E-state index in [1.807, 2.05) is 0 Å². The van der Waals surface area contributed by atoms with Gasteiger partial charge in [-0.15, -0.1) is 0 Å². The Morgan fingerprint density at radius 2 is 2.03 bits per heavy atom. The van der Waals surface area contributed by atoms with E-state index < -0.39 is 14.3 Å². The molecule has 3 aliphatic rings. The first-order valence-electron chi connectivity index (χ1n) is 12.4. The molecule has 0 aromatic heterocycles. The van der Waals surface area contributed by atoms with Crippen molar-refractivity contribution in [2.45, 2.75) is 109 Å². The second kappa shape index (κ2) is 10.5. The summed E-state index contributed by atoms with van der Waals surface area (Å²) in [7, 11) is -1.81. The lowest BCUT2D eigenvalue weighted by atomic mass is 9.92. The van der Waals surface area contributed by atoms with Gasteiger partial charge >= 0.3 is 5.97 Å². The van der Waals surface area contributed by atoms with Crippen LogP contribution >= 0.6 is 0 Å². The first-order valence-corrected chi connectivity index (χ1v) is 15.3. The van der Waals surface area contributed by atoms with Crippen molar-refractivity contribution in [1.29, 1.82) is 0 Å². The van der Waals surface area contributed by atoms with Crippen molar-refractivity contribution in [3.8, 4) is 0 Å². The smallest absolute Gasteiger partial charge is 0.303 e. The molecule has 0 aromatic rings. The van der Waals surface area contributed by atoms with Crippen LogP contribution in [0.1, 0.15) is 78.6 Å². The predicted octanol–water partition coefficient (Wildman–Crippen LogP) is 6.15. The highest BCUT2D eigenvalue weighted by molar-refractivity contribution is 6.74. The van der Waals surface area contributed by atoms with E-state index in [1.165, 1.54) is 12.0 Å². The number of rotatable bonds is 9. The number of carboxylic acid groups (broad SMARTS) is 1. The molecule has 2 saturated carbocycles. The van der Waals surface area contributed by atoms with Gasteiger partial charge in [-0.1, -0.05) is 32.4 Å². The van der Waals surface area contributed by atoms with Gasteiger partial charge in [0.1, 0.15) is 0 Å². The van der Waals surface area contributed by atoms with Crippen LogP contribution in [0.15, 0.2) is 11.6 Å². The molecule has 0 aromatic carbocycles. The van der Waals surface area contributed by atoms with Crippen molar-refractivity contribution in [2.24, 2.45) is 17.8 Å². The van der Waals surface area contributed by atoms with Crippen molar-refractivity contribution in [1.82, 2.24) is 0 Å². The normalized spacial score (nSPS) is 33.1. The monoisotopic (exact) mass is 452 g/mol. The fourth-order valence-corrected chi connectivity index (χ4v) is 6.24. The zero-order valence-electron chi connectivity index (χ0n) is 20.3. The predicted molar refractivity (Wildman–Crippen MR) is 126 cm³/mol. The van der Waals surface area contributed by atoms with Gasteiger partial charge < -0.3 is 19.0 Å². The van der Waals surface area contributed by atoms with E-state index in [2.05, 4.69) is 39.9 Å². The molecule has 0 bridgehead atoms. The van der Waals surface area contributed by atoms with Gasteiger partial charge in [0, 0.05) is 25.6 Å². The minimum absolute atomic E-state index is 0.0426. The molecule has 1 N–H and O–H groups in total. The summed E-state index contributed by atoms with van der Waals surface area (Å²) < 4.78 is 19.1. The van der Waals surface area contributed by atoms with E-state index in [-0.39, 0.29) is 23.9 Å². The van der Waals surface area contributed by atoms with Crippen LogP contribution in [0.4, 0.5) is 0 Å². The molecule has 31 heavy (non-hydrogen) atoms. The average Bonchev–Trinajstić information content (AvgIpc) is 3.20. The highest BCUT2D eigenvalue weighted by atomic mass is 28.4. The molecule has 0 spiro atoms. The van der Waals surface area contributed by atoms with Crippen molar-refractivity contribution in [3.63, 3.8) is 0 Å². The van der Waals surface area contributed by atoms with Crippen molar-refractivity contribution >= 4 is 14.3 Å². The molecule has 5 nitrogen and oxygen atoms in total. The molecular formula is C25H44O5Si. The summed E-state index contributed by atoms with van der Waals surface area (Å²) in [5.41, 5.74) is 1.52. The summed E-state index contributed by atoms with van der Waals surface area (Å²) in [6.45, 7) is 13.2. The van der Waals surface area contributed by atoms with Gasteiger partial charge in [-0.25, -0.2) is 0 Å². The SMILES string of the molecule is CC(C)(C)[Si](C)(C)OC[C@@H]1[C@H]2C/C(=C/CCCC(=O)O)C[C@H]2C[C@H]1OC1CCCCO1. The standard InChI is InChI=1S/C25H44O5Si/c1-25(2,3)31(4,5)29-17-21-20-15-18(10-6-7-11-23(26)27)14-19(20)16-22(21)30-24-12-8-9-13-28-24/h10,19-22,24H,6-9,11-17H2,1-5H3,(H,26,27)/b18-10+/t19-,20-,21+,22+,24?/m0/s1. The van der Waals surface area contributed by atoms with Crippen LogP contribution in [-0.4, -0.2) is 45.0 Å². The molecule has 2 aliphatic carbocycles. The van der Waals surface area contributed by atoms with Crippen LogP contribution in [0.3, 0.4) is 0 Å². The molecular weight excluding hydrogens is 408 g/mol.